The molecule has 2 rings (SSSR count). The number of esters is 1. The Hall–Kier alpha value is -2.48. The maximum Gasteiger partial charge on any atom is 0.342 e. The average molecular weight is 398 g/mol. The summed E-state index contributed by atoms with van der Waals surface area (Å²) < 4.78 is 9.99. The second-order valence-corrected chi connectivity index (χ2v) is 6.95. The minimum absolute atomic E-state index is 0.0324. The van der Waals surface area contributed by atoms with Gasteiger partial charge in [0.05, 0.1) is 17.8 Å². The van der Waals surface area contributed by atoms with Gasteiger partial charge in [0.2, 0.25) is 0 Å². The van der Waals surface area contributed by atoms with Crippen LogP contribution >= 0.6 is 11.6 Å². The number of imide groups is 1. The summed E-state index contributed by atoms with van der Waals surface area (Å²) in [5.41, 5.74) is 5.94. The maximum atomic E-state index is 12.2. The summed E-state index contributed by atoms with van der Waals surface area (Å²) in [5.74, 6) is -1.01. The molecule has 0 spiro atoms. The molecule has 148 valence electrons. The zero-order valence-corrected chi connectivity index (χ0v) is 16.1. The summed E-state index contributed by atoms with van der Waals surface area (Å²) >= 11 is 5.90. The Kier molecular flexibility index (Phi) is 7.29. The molecule has 8 nitrogen and oxygen atoms in total. The summed E-state index contributed by atoms with van der Waals surface area (Å²) in [6.07, 6.45) is 4.12. The van der Waals surface area contributed by atoms with Gasteiger partial charge in [-0.1, -0.05) is 31.4 Å². The van der Waals surface area contributed by atoms with E-state index in [0.29, 0.717) is 5.92 Å². The van der Waals surface area contributed by atoms with Gasteiger partial charge in [0, 0.05) is 12.1 Å². The van der Waals surface area contributed by atoms with E-state index in [2.05, 4.69) is 17.6 Å². The first-order chi connectivity index (χ1) is 12.8. The van der Waals surface area contributed by atoms with Crippen LogP contribution in [-0.4, -0.2) is 37.7 Å². The van der Waals surface area contributed by atoms with Crippen molar-refractivity contribution in [2.24, 2.45) is 5.92 Å². The van der Waals surface area contributed by atoms with Gasteiger partial charge < -0.3 is 20.5 Å². The van der Waals surface area contributed by atoms with Gasteiger partial charge in [0.15, 0.2) is 6.61 Å². The standard InChI is InChI=1S/C18H24ClN3O5/c1-10-5-3-4-6-14(10)21-18(25)22-16(23)9-27-17(24)11-7-12(19)13(20)8-15(11)26-2/h7-8,10,14H,3-6,9,20H2,1-2H3,(H2,21,22,23,25)/t10-,14+/m1/s1. The number of anilines is 1. The molecule has 1 fully saturated rings. The molecule has 0 heterocycles. The number of rotatable bonds is 5. The number of nitrogen functional groups attached to an aromatic ring is 1. The van der Waals surface area contributed by atoms with E-state index in [0.717, 1.165) is 25.7 Å². The number of urea groups is 1. The fourth-order valence-electron chi connectivity index (χ4n) is 3.00. The summed E-state index contributed by atoms with van der Waals surface area (Å²) in [6.45, 7) is 1.45. The van der Waals surface area contributed by atoms with Gasteiger partial charge in [-0.3, -0.25) is 10.1 Å². The zero-order valence-electron chi connectivity index (χ0n) is 15.3. The molecule has 1 aliphatic carbocycles. The smallest absolute Gasteiger partial charge is 0.342 e. The Bertz CT molecular complexity index is 725. The molecule has 1 aliphatic rings. The lowest BCUT2D eigenvalue weighted by atomic mass is 9.86. The summed E-state index contributed by atoms with van der Waals surface area (Å²) in [4.78, 5) is 35.9. The number of ether oxygens (including phenoxy) is 2. The monoisotopic (exact) mass is 397 g/mol. The van der Waals surface area contributed by atoms with Crippen molar-refractivity contribution < 1.29 is 23.9 Å². The maximum absolute atomic E-state index is 12.2. The third-order valence-corrected chi connectivity index (χ3v) is 4.88. The molecule has 0 radical (unpaired) electrons. The van der Waals surface area contributed by atoms with Crippen LogP contribution < -0.4 is 21.1 Å². The van der Waals surface area contributed by atoms with Crippen LogP contribution in [0.4, 0.5) is 10.5 Å². The number of nitrogens with one attached hydrogen (secondary N) is 2. The third kappa shape index (κ3) is 5.75. The van der Waals surface area contributed by atoms with Gasteiger partial charge in [0.1, 0.15) is 11.3 Å². The van der Waals surface area contributed by atoms with Gasteiger partial charge in [-0.2, -0.15) is 0 Å². The van der Waals surface area contributed by atoms with Crippen LogP contribution in [0.3, 0.4) is 0 Å². The van der Waals surface area contributed by atoms with Crippen LogP contribution in [0.1, 0.15) is 43.0 Å². The topological polar surface area (TPSA) is 120 Å². The Morgan fingerprint density at radius 1 is 1.26 bits per heavy atom. The normalized spacial score (nSPS) is 19.1. The third-order valence-electron chi connectivity index (χ3n) is 4.55. The van der Waals surface area contributed by atoms with Crippen molar-refractivity contribution in [1.29, 1.82) is 0 Å². The molecule has 9 heteroatoms. The highest BCUT2D eigenvalue weighted by Crippen LogP contribution is 2.29. The second kappa shape index (κ2) is 9.45. The Morgan fingerprint density at radius 2 is 1.96 bits per heavy atom. The molecule has 0 unspecified atom stereocenters. The number of methoxy groups -OCH3 is 1. The van der Waals surface area contributed by atoms with E-state index in [9.17, 15) is 14.4 Å². The van der Waals surface area contributed by atoms with Crippen LogP contribution in [0, 0.1) is 5.92 Å². The van der Waals surface area contributed by atoms with E-state index in [-0.39, 0.29) is 28.1 Å². The molecule has 3 amide bonds. The fourth-order valence-corrected chi connectivity index (χ4v) is 3.17. The number of benzene rings is 1. The molecule has 0 bridgehead atoms. The molecule has 2 atom stereocenters. The highest BCUT2D eigenvalue weighted by Gasteiger charge is 2.24. The first-order valence-electron chi connectivity index (χ1n) is 8.72. The Morgan fingerprint density at radius 3 is 2.63 bits per heavy atom. The average Bonchev–Trinajstić information content (AvgIpc) is 2.63. The van der Waals surface area contributed by atoms with Crippen LogP contribution in [0.2, 0.25) is 5.02 Å². The van der Waals surface area contributed by atoms with Crippen molar-refractivity contribution in [3.63, 3.8) is 0 Å². The van der Waals surface area contributed by atoms with Crippen LogP contribution in [0.15, 0.2) is 12.1 Å². The first-order valence-corrected chi connectivity index (χ1v) is 9.10. The predicted octanol–water partition coefficient (Wildman–Crippen LogP) is 2.49. The number of amides is 3. The van der Waals surface area contributed by atoms with Crippen molar-refractivity contribution in [3.8, 4) is 5.75 Å². The van der Waals surface area contributed by atoms with Crippen molar-refractivity contribution >= 4 is 35.2 Å². The highest BCUT2D eigenvalue weighted by molar-refractivity contribution is 6.33. The van der Waals surface area contributed by atoms with Gasteiger partial charge in [-0.05, 0) is 24.8 Å². The van der Waals surface area contributed by atoms with Crippen molar-refractivity contribution in [2.45, 2.75) is 38.6 Å². The van der Waals surface area contributed by atoms with Crippen LogP contribution in [0.25, 0.3) is 0 Å². The SMILES string of the molecule is COc1cc(N)c(Cl)cc1C(=O)OCC(=O)NC(=O)N[C@H]1CCCC[C@H]1C. The lowest BCUT2D eigenvalue weighted by Gasteiger charge is -2.29. The Balaban J connectivity index is 1.85. The van der Waals surface area contributed by atoms with Crippen molar-refractivity contribution in [2.75, 3.05) is 19.5 Å². The molecule has 1 saturated carbocycles. The van der Waals surface area contributed by atoms with Crippen molar-refractivity contribution in [1.82, 2.24) is 10.6 Å². The summed E-state index contributed by atoms with van der Waals surface area (Å²) in [7, 11) is 1.36. The van der Waals surface area contributed by atoms with E-state index in [1.54, 1.807) is 0 Å². The fraction of sp³-hybridized carbons (Fsp3) is 0.500. The number of carbonyl (C=O) groups is 3. The largest absolute Gasteiger partial charge is 0.496 e. The first kappa shape index (κ1) is 20.8. The van der Waals surface area contributed by atoms with E-state index in [1.165, 1.54) is 19.2 Å². The predicted molar refractivity (Wildman–Crippen MR) is 101 cm³/mol. The van der Waals surface area contributed by atoms with E-state index < -0.39 is 24.5 Å². The molecule has 0 aliphatic heterocycles. The quantitative estimate of drug-likeness (QED) is 0.518. The molecule has 0 aromatic heterocycles. The van der Waals surface area contributed by atoms with Gasteiger partial charge in [-0.25, -0.2) is 9.59 Å². The zero-order chi connectivity index (χ0) is 20.0. The Labute approximate surface area is 162 Å². The molecule has 0 saturated heterocycles. The molecular formula is C18H24ClN3O5. The second-order valence-electron chi connectivity index (χ2n) is 6.54. The molecular weight excluding hydrogens is 374 g/mol. The molecule has 27 heavy (non-hydrogen) atoms. The lowest BCUT2D eigenvalue weighted by Crippen LogP contribution is -2.48. The summed E-state index contributed by atoms with van der Waals surface area (Å²) in [5, 5.41) is 5.11. The van der Waals surface area contributed by atoms with Gasteiger partial charge >= 0.3 is 12.0 Å². The molecule has 4 N–H and O–H groups in total. The number of halogens is 1. The number of hydrogen-bond donors (Lipinski definition) is 3. The number of hydrogen-bond acceptors (Lipinski definition) is 6. The van der Waals surface area contributed by atoms with Crippen LogP contribution in [-0.2, 0) is 9.53 Å². The van der Waals surface area contributed by atoms with Crippen molar-refractivity contribution in [3.05, 3.63) is 22.7 Å². The van der Waals surface area contributed by atoms with E-state index in [1.807, 2.05) is 0 Å². The lowest BCUT2D eigenvalue weighted by molar-refractivity contribution is -0.123. The minimum Gasteiger partial charge on any atom is -0.496 e. The van der Waals surface area contributed by atoms with Crippen LogP contribution in [0.5, 0.6) is 5.75 Å². The summed E-state index contributed by atoms with van der Waals surface area (Å²) in [6, 6.07) is 2.13. The number of nitrogens with two attached hydrogens (primary N) is 1. The van der Waals surface area contributed by atoms with Gasteiger partial charge in [-0.15, -0.1) is 0 Å². The minimum atomic E-state index is -0.815. The van der Waals surface area contributed by atoms with E-state index >= 15 is 0 Å². The molecule has 1 aromatic rings. The number of carbonyl (C=O) groups excluding carboxylic acids is 3. The van der Waals surface area contributed by atoms with Gasteiger partial charge in [0.25, 0.3) is 5.91 Å². The van der Waals surface area contributed by atoms with E-state index in [4.69, 9.17) is 26.8 Å². The highest BCUT2D eigenvalue weighted by atomic mass is 35.5. The molecule has 1 aromatic carbocycles.